The van der Waals surface area contributed by atoms with Crippen molar-refractivity contribution < 1.29 is 42.9 Å². The molecule has 5 N–H and O–H groups in total. The molecule has 0 saturated carbocycles. The average Bonchev–Trinajstić information content (AvgIpc) is 2.86. The quantitative estimate of drug-likeness (QED) is 0.0394. The van der Waals surface area contributed by atoms with E-state index in [1.807, 2.05) is 0 Å². The Labute approximate surface area is 210 Å². The fourth-order valence-electron chi connectivity index (χ4n) is 3.04. The number of anilines is 1. The first-order chi connectivity index (χ1) is 17.5. The summed E-state index contributed by atoms with van der Waals surface area (Å²) in [5, 5.41) is 40.3. The van der Waals surface area contributed by atoms with E-state index >= 15 is 0 Å². The number of aromatic hydroxyl groups is 1. The Morgan fingerprint density at radius 2 is 1.76 bits per heavy atom. The Balaban J connectivity index is 2.09. The van der Waals surface area contributed by atoms with Gasteiger partial charge in [0.05, 0.1) is 21.8 Å². The van der Waals surface area contributed by atoms with Crippen molar-refractivity contribution >= 4 is 39.6 Å². The van der Waals surface area contributed by atoms with E-state index in [9.17, 15) is 27.7 Å². The minimum atomic E-state index is -4.59. The van der Waals surface area contributed by atoms with Crippen molar-refractivity contribution in [2.45, 2.75) is 18.4 Å². The van der Waals surface area contributed by atoms with Crippen molar-refractivity contribution in [3.05, 3.63) is 82.4 Å². The summed E-state index contributed by atoms with van der Waals surface area (Å²) in [5.41, 5.74) is 3.41. The lowest BCUT2D eigenvalue weighted by atomic mass is 10.1. The Bertz CT molecular complexity index is 1500. The Morgan fingerprint density at radius 3 is 2.35 bits per heavy atom. The standard InChI is InChI=1S/C23H20N4O9S/c1-13-8-18(37(33,34)35)10-20(21(13)29)25-27-22(15-4-6-16(7-5-15)23(30)31)26-24-19-9-14(12-36-32)2-3-17(19)11-28/h2-11,25,29,32H,12H2,1H3,(H,30,31)(H,33,34,35). The predicted molar refractivity (Wildman–Crippen MR) is 130 cm³/mol. The molecule has 0 aromatic heterocycles. The van der Waals surface area contributed by atoms with Crippen LogP contribution in [0.25, 0.3) is 0 Å². The molecule has 14 heteroatoms. The Morgan fingerprint density at radius 1 is 1.08 bits per heavy atom. The van der Waals surface area contributed by atoms with Crippen LogP contribution in [0.2, 0.25) is 0 Å². The van der Waals surface area contributed by atoms with E-state index in [0.717, 1.165) is 12.1 Å². The van der Waals surface area contributed by atoms with Crippen LogP contribution in [0, 0.1) is 6.92 Å². The van der Waals surface area contributed by atoms with Gasteiger partial charge < -0.3 is 10.2 Å². The summed E-state index contributed by atoms with van der Waals surface area (Å²) < 4.78 is 32.5. The van der Waals surface area contributed by atoms with E-state index in [4.69, 9.17) is 10.4 Å². The molecule has 0 spiro atoms. The molecule has 3 rings (SSSR count). The number of azo groups is 1. The number of carbonyl (C=O) groups excluding carboxylic acids is 1. The Kier molecular flexibility index (Phi) is 8.41. The highest BCUT2D eigenvalue weighted by Gasteiger charge is 2.16. The van der Waals surface area contributed by atoms with Crippen LogP contribution in [0.5, 0.6) is 5.75 Å². The number of hydrazone groups is 1. The minimum Gasteiger partial charge on any atom is -0.505 e. The van der Waals surface area contributed by atoms with Gasteiger partial charge in [0.25, 0.3) is 10.1 Å². The molecular weight excluding hydrogens is 508 g/mol. The van der Waals surface area contributed by atoms with E-state index in [2.05, 4.69) is 25.6 Å². The maximum atomic E-state index is 11.6. The summed E-state index contributed by atoms with van der Waals surface area (Å²) in [6, 6.07) is 11.8. The number of aromatic carboxylic acids is 1. The molecule has 3 aromatic carbocycles. The number of carboxylic acid groups (broad SMARTS) is 1. The van der Waals surface area contributed by atoms with Crippen LogP contribution in [0.1, 0.15) is 37.4 Å². The third-order valence-corrected chi connectivity index (χ3v) is 5.78. The Hall–Kier alpha value is -4.50. The monoisotopic (exact) mass is 528 g/mol. The summed E-state index contributed by atoms with van der Waals surface area (Å²) in [5.74, 6) is -1.66. The summed E-state index contributed by atoms with van der Waals surface area (Å²) in [6.07, 6.45) is 0.538. The SMILES string of the molecule is Cc1cc(S(=O)(=O)O)cc(NN=C(N=Nc2cc(COO)ccc2C=O)c2ccc(C(=O)O)cc2)c1O. The summed E-state index contributed by atoms with van der Waals surface area (Å²) in [4.78, 5) is 26.2. The van der Waals surface area contributed by atoms with Gasteiger partial charge in [-0.15, -0.1) is 10.2 Å². The zero-order valence-corrected chi connectivity index (χ0v) is 19.9. The molecule has 0 radical (unpaired) electrons. The largest absolute Gasteiger partial charge is 0.505 e. The highest BCUT2D eigenvalue weighted by atomic mass is 32.2. The molecule has 0 unspecified atom stereocenters. The van der Waals surface area contributed by atoms with Crippen LogP contribution in [0.4, 0.5) is 11.4 Å². The molecular formula is C23H20N4O9S. The zero-order chi connectivity index (χ0) is 27.2. The third kappa shape index (κ3) is 6.80. The van der Waals surface area contributed by atoms with Crippen LogP contribution in [0.3, 0.4) is 0 Å². The fourth-order valence-corrected chi connectivity index (χ4v) is 3.63. The number of carboxylic acids is 1. The molecule has 0 atom stereocenters. The first kappa shape index (κ1) is 27.1. The number of hydrogen-bond acceptors (Lipinski definition) is 10. The van der Waals surface area contributed by atoms with Crippen molar-refractivity contribution in [3.63, 3.8) is 0 Å². The lowest BCUT2D eigenvalue weighted by molar-refractivity contribution is -0.253. The molecule has 0 aliphatic carbocycles. The molecule has 0 aliphatic heterocycles. The molecule has 0 aliphatic rings. The van der Waals surface area contributed by atoms with Crippen LogP contribution in [0.15, 0.2) is 74.8 Å². The van der Waals surface area contributed by atoms with Gasteiger partial charge in [0.1, 0.15) is 12.4 Å². The van der Waals surface area contributed by atoms with Crippen molar-refractivity contribution in [2.24, 2.45) is 15.3 Å². The van der Waals surface area contributed by atoms with Crippen molar-refractivity contribution in [1.82, 2.24) is 0 Å². The third-order valence-electron chi connectivity index (χ3n) is 4.95. The van der Waals surface area contributed by atoms with Crippen molar-refractivity contribution in [1.29, 1.82) is 0 Å². The van der Waals surface area contributed by atoms with Crippen LogP contribution in [-0.4, -0.2) is 46.5 Å². The number of phenolic OH excluding ortho intramolecular Hbond substituents is 1. The molecule has 13 nitrogen and oxygen atoms in total. The fraction of sp³-hybridized carbons (Fsp3) is 0.0870. The van der Waals surface area contributed by atoms with Gasteiger partial charge in [-0.2, -0.15) is 13.5 Å². The summed E-state index contributed by atoms with van der Waals surface area (Å²) >= 11 is 0. The van der Waals surface area contributed by atoms with Gasteiger partial charge in [0.2, 0.25) is 5.84 Å². The molecule has 192 valence electrons. The van der Waals surface area contributed by atoms with Gasteiger partial charge >= 0.3 is 5.97 Å². The van der Waals surface area contributed by atoms with Crippen LogP contribution >= 0.6 is 0 Å². The molecule has 0 saturated heterocycles. The first-order valence-electron chi connectivity index (χ1n) is 10.3. The number of phenols is 1. The van der Waals surface area contributed by atoms with E-state index in [0.29, 0.717) is 11.8 Å². The molecule has 0 fully saturated rings. The summed E-state index contributed by atoms with van der Waals surface area (Å²) in [6.45, 7) is 1.23. The zero-order valence-electron chi connectivity index (χ0n) is 19.1. The van der Waals surface area contributed by atoms with E-state index < -0.39 is 21.0 Å². The number of benzene rings is 3. The lowest BCUT2D eigenvalue weighted by Gasteiger charge is -2.10. The number of rotatable bonds is 9. The van der Waals surface area contributed by atoms with E-state index in [-0.39, 0.29) is 51.8 Å². The molecule has 3 aromatic rings. The molecule has 37 heavy (non-hydrogen) atoms. The highest BCUT2D eigenvalue weighted by Crippen LogP contribution is 2.31. The number of aldehydes is 1. The normalized spacial score (nSPS) is 12.0. The number of nitrogens with one attached hydrogen (secondary N) is 1. The van der Waals surface area contributed by atoms with E-state index in [1.165, 1.54) is 49.4 Å². The van der Waals surface area contributed by atoms with Gasteiger partial charge in [0.15, 0.2) is 6.29 Å². The second-order valence-electron chi connectivity index (χ2n) is 7.53. The van der Waals surface area contributed by atoms with Gasteiger partial charge in [-0.25, -0.2) is 9.68 Å². The van der Waals surface area contributed by atoms with Crippen molar-refractivity contribution in [3.8, 4) is 5.75 Å². The van der Waals surface area contributed by atoms with Gasteiger partial charge in [-0.1, -0.05) is 18.2 Å². The number of amidine groups is 1. The predicted octanol–water partition coefficient (Wildman–Crippen LogP) is 4.01. The highest BCUT2D eigenvalue weighted by molar-refractivity contribution is 7.85. The van der Waals surface area contributed by atoms with Gasteiger partial charge in [-0.3, -0.25) is 20.0 Å². The van der Waals surface area contributed by atoms with Crippen LogP contribution < -0.4 is 5.43 Å². The number of carbonyl (C=O) groups is 2. The van der Waals surface area contributed by atoms with Crippen molar-refractivity contribution in [2.75, 3.05) is 5.43 Å². The number of nitrogens with zero attached hydrogens (tertiary/aromatic N) is 3. The maximum absolute atomic E-state index is 11.6. The lowest BCUT2D eigenvalue weighted by Crippen LogP contribution is -2.05. The summed E-state index contributed by atoms with van der Waals surface area (Å²) in [7, 11) is -4.59. The second-order valence-corrected chi connectivity index (χ2v) is 8.95. The first-order valence-corrected chi connectivity index (χ1v) is 11.7. The maximum Gasteiger partial charge on any atom is 0.335 e. The topological polar surface area (TPSA) is 208 Å². The van der Waals surface area contributed by atoms with E-state index in [1.54, 1.807) is 0 Å². The molecule has 0 heterocycles. The smallest absolute Gasteiger partial charge is 0.335 e. The van der Waals surface area contributed by atoms with Gasteiger partial charge in [-0.05, 0) is 54.4 Å². The average molecular weight is 528 g/mol. The molecule has 0 bridgehead atoms. The van der Waals surface area contributed by atoms with Gasteiger partial charge in [0, 0.05) is 11.1 Å². The molecule has 0 amide bonds. The van der Waals surface area contributed by atoms with Crippen LogP contribution in [-0.2, 0) is 21.6 Å². The second kappa shape index (κ2) is 11.5. The minimum absolute atomic E-state index is 0.0120. The number of aryl methyl sites for hydroxylation is 1. The number of hydrogen-bond donors (Lipinski definition) is 5.